The highest BCUT2D eigenvalue weighted by atomic mass is 15.0. The van der Waals surface area contributed by atoms with Gasteiger partial charge in [0.2, 0.25) is 0 Å². The molecule has 0 N–H and O–H groups in total. The first-order valence-corrected chi connectivity index (χ1v) is 13.9. The van der Waals surface area contributed by atoms with Crippen LogP contribution in [-0.2, 0) is 0 Å². The van der Waals surface area contributed by atoms with Crippen LogP contribution in [0.25, 0.3) is 83.2 Å². The fourth-order valence-corrected chi connectivity index (χ4v) is 6.55. The van der Waals surface area contributed by atoms with Crippen molar-refractivity contribution >= 4 is 32.6 Å². The quantitative estimate of drug-likeness (QED) is 0.232. The zero-order chi connectivity index (χ0) is 26.9. The van der Waals surface area contributed by atoms with E-state index < -0.39 is 0 Å². The van der Waals surface area contributed by atoms with Gasteiger partial charge in [-0.3, -0.25) is 4.98 Å². The van der Waals surface area contributed by atoms with Crippen LogP contribution in [0.3, 0.4) is 0 Å². The van der Waals surface area contributed by atoms with Gasteiger partial charge < -0.3 is 4.57 Å². The van der Waals surface area contributed by atoms with E-state index in [1.807, 2.05) is 6.20 Å². The van der Waals surface area contributed by atoms with Gasteiger partial charge in [-0.25, -0.2) is 4.98 Å². The van der Waals surface area contributed by atoms with Crippen molar-refractivity contribution in [3.8, 4) is 50.6 Å². The third-order valence-corrected chi connectivity index (χ3v) is 8.38. The third-order valence-electron chi connectivity index (χ3n) is 8.38. The summed E-state index contributed by atoms with van der Waals surface area (Å²) < 4.78 is 2.34. The Morgan fingerprint density at radius 2 is 1.20 bits per heavy atom. The van der Waals surface area contributed by atoms with E-state index in [9.17, 15) is 0 Å². The summed E-state index contributed by atoms with van der Waals surface area (Å²) in [5.41, 5.74) is 12.3. The second kappa shape index (κ2) is 8.48. The van der Waals surface area contributed by atoms with Gasteiger partial charge in [0.25, 0.3) is 0 Å². The molecule has 5 aromatic carbocycles. The van der Waals surface area contributed by atoms with E-state index in [-0.39, 0.29) is 0 Å². The molecule has 41 heavy (non-hydrogen) atoms. The molecule has 0 unspecified atom stereocenters. The number of benzene rings is 5. The summed E-state index contributed by atoms with van der Waals surface area (Å²) in [7, 11) is 0. The van der Waals surface area contributed by atoms with E-state index >= 15 is 0 Å². The maximum Gasteiger partial charge on any atom is 0.0893 e. The summed E-state index contributed by atoms with van der Waals surface area (Å²) in [5, 5.41) is 5.03. The Hall–Kier alpha value is -5.54. The highest BCUT2D eigenvalue weighted by Crippen LogP contribution is 2.47. The lowest BCUT2D eigenvalue weighted by Crippen LogP contribution is -1.93. The Balaban J connectivity index is 1.17. The minimum atomic E-state index is 0.875. The van der Waals surface area contributed by atoms with Crippen molar-refractivity contribution in [2.24, 2.45) is 0 Å². The summed E-state index contributed by atoms with van der Waals surface area (Å²) in [6.45, 7) is 0. The molecule has 0 radical (unpaired) electrons. The molecule has 3 nitrogen and oxygen atoms in total. The molecule has 9 rings (SSSR count). The highest BCUT2D eigenvalue weighted by molar-refractivity contribution is 6.15. The Bertz CT molecular complexity index is 2310. The summed E-state index contributed by atoms with van der Waals surface area (Å²) in [4.78, 5) is 10.0. The first-order valence-electron chi connectivity index (χ1n) is 13.9. The Morgan fingerprint density at radius 3 is 2.07 bits per heavy atom. The van der Waals surface area contributed by atoms with Crippen LogP contribution in [0.5, 0.6) is 0 Å². The average molecular weight is 522 g/mol. The van der Waals surface area contributed by atoms with Crippen LogP contribution >= 0.6 is 0 Å². The van der Waals surface area contributed by atoms with Gasteiger partial charge in [0.05, 0.1) is 28.1 Å². The monoisotopic (exact) mass is 521 g/mol. The SMILES string of the molecule is c1ccc(-n2c3ccccc3c3cc(-c4cccc(-c5cc6c(cn5)-c5cccc7cccc-6c57)n4)ccc32)cc1. The number of hydrogen-bond acceptors (Lipinski definition) is 2. The van der Waals surface area contributed by atoms with Crippen LogP contribution in [0.2, 0.25) is 0 Å². The zero-order valence-corrected chi connectivity index (χ0v) is 22.1. The molecule has 0 saturated heterocycles. The maximum absolute atomic E-state index is 5.12. The van der Waals surface area contributed by atoms with E-state index in [1.165, 1.54) is 54.8 Å². The van der Waals surface area contributed by atoms with Crippen LogP contribution in [-0.4, -0.2) is 14.5 Å². The lowest BCUT2D eigenvalue weighted by molar-refractivity contribution is 1.18. The first-order chi connectivity index (χ1) is 20.3. The fourth-order valence-electron chi connectivity index (χ4n) is 6.55. The molecule has 0 atom stereocenters. The standard InChI is InChI=1S/C38H23N3/c1-2-11-26(12-3-1)41-36-18-5-4-13-27(36)31-21-25(19-20-37(31)41)33-16-8-17-34(40-33)35-22-30-28-14-6-9-24-10-7-15-29(38(24)28)32(30)23-39-35/h1-23H. The largest absolute Gasteiger partial charge is 0.309 e. The smallest absolute Gasteiger partial charge is 0.0893 e. The topological polar surface area (TPSA) is 30.7 Å². The molecule has 0 spiro atoms. The normalized spacial score (nSPS) is 11.9. The van der Waals surface area contributed by atoms with Crippen molar-refractivity contribution in [3.05, 3.63) is 140 Å². The second-order valence-corrected chi connectivity index (χ2v) is 10.7. The van der Waals surface area contributed by atoms with Gasteiger partial charge in [-0.1, -0.05) is 84.9 Å². The molecule has 8 aromatic rings. The van der Waals surface area contributed by atoms with Crippen molar-refractivity contribution in [1.29, 1.82) is 0 Å². The Morgan fingerprint density at radius 1 is 0.463 bits per heavy atom. The van der Waals surface area contributed by atoms with E-state index in [1.54, 1.807) is 0 Å². The van der Waals surface area contributed by atoms with Gasteiger partial charge in [0.15, 0.2) is 0 Å². The average Bonchev–Trinajstić information content (AvgIpc) is 3.55. The Kier molecular flexibility index (Phi) is 4.61. The fraction of sp³-hybridized carbons (Fsp3) is 0. The molecule has 3 aromatic heterocycles. The lowest BCUT2D eigenvalue weighted by atomic mass is 10.0. The number of hydrogen-bond donors (Lipinski definition) is 0. The summed E-state index contributed by atoms with van der Waals surface area (Å²) in [5.74, 6) is 0. The van der Waals surface area contributed by atoms with Crippen molar-refractivity contribution in [1.82, 2.24) is 14.5 Å². The third kappa shape index (κ3) is 3.26. The minimum absolute atomic E-state index is 0.875. The lowest BCUT2D eigenvalue weighted by Gasteiger charge is -2.09. The van der Waals surface area contributed by atoms with Crippen LogP contribution in [0.1, 0.15) is 0 Å². The van der Waals surface area contributed by atoms with Crippen molar-refractivity contribution in [3.63, 3.8) is 0 Å². The van der Waals surface area contributed by atoms with Gasteiger partial charge in [-0.15, -0.1) is 0 Å². The van der Waals surface area contributed by atoms with Gasteiger partial charge in [0.1, 0.15) is 0 Å². The van der Waals surface area contributed by atoms with E-state index in [2.05, 4.69) is 138 Å². The molecule has 0 fully saturated rings. The summed E-state index contributed by atoms with van der Waals surface area (Å²) in [6.07, 6.45) is 2.01. The molecule has 0 amide bonds. The minimum Gasteiger partial charge on any atom is -0.309 e. The summed E-state index contributed by atoms with van der Waals surface area (Å²) >= 11 is 0. The molecule has 0 bridgehead atoms. The molecule has 0 aliphatic heterocycles. The van der Waals surface area contributed by atoms with Gasteiger partial charge >= 0.3 is 0 Å². The first kappa shape index (κ1) is 22.3. The van der Waals surface area contributed by atoms with Gasteiger partial charge in [-0.2, -0.15) is 0 Å². The van der Waals surface area contributed by atoms with Crippen molar-refractivity contribution < 1.29 is 0 Å². The van der Waals surface area contributed by atoms with Crippen LogP contribution < -0.4 is 0 Å². The Labute approximate surface area is 237 Å². The molecular formula is C38H23N3. The summed E-state index contributed by atoms with van der Waals surface area (Å²) in [6, 6.07) is 47.3. The van der Waals surface area contributed by atoms with E-state index in [0.29, 0.717) is 0 Å². The van der Waals surface area contributed by atoms with E-state index in [0.717, 1.165) is 28.3 Å². The van der Waals surface area contributed by atoms with E-state index in [4.69, 9.17) is 9.97 Å². The predicted octanol–water partition coefficient (Wildman–Crippen LogP) is 9.71. The van der Waals surface area contributed by atoms with Crippen LogP contribution in [0, 0.1) is 0 Å². The van der Waals surface area contributed by atoms with Gasteiger partial charge in [-0.05, 0) is 76.0 Å². The zero-order valence-electron chi connectivity index (χ0n) is 22.1. The number of fused-ring (bicyclic) bond motifs is 6. The molecule has 1 aliphatic rings. The maximum atomic E-state index is 5.12. The number of aromatic nitrogens is 3. The number of para-hydroxylation sites is 2. The highest BCUT2D eigenvalue weighted by Gasteiger charge is 2.22. The predicted molar refractivity (Wildman–Crippen MR) is 169 cm³/mol. The molecule has 190 valence electrons. The number of pyridine rings is 2. The number of rotatable bonds is 3. The second-order valence-electron chi connectivity index (χ2n) is 10.7. The molecule has 0 saturated carbocycles. The van der Waals surface area contributed by atoms with Crippen molar-refractivity contribution in [2.45, 2.75) is 0 Å². The molecular weight excluding hydrogens is 498 g/mol. The van der Waals surface area contributed by atoms with Crippen LogP contribution in [0.15, 0.2) is 140 Å². The molecule has 3 heterocycles. The van der Waals surface area contributed by atoms with Crippen LogP contribution in [0.4, 0.5) is 0 Å². The number of nitrogens with zero attached hydrogens (tertiary/aromatic N) is 3. The van der Waals surface area contributed by atoms with Crippen molar-refractivity contribution in [2.75, 3.05) is 0 Å². The van der Waals surface area contributed by atoms with Gasteiger partial charge in [0, 0.05) is 33.8 Å². The molecule has 3 heteroatoms. The molecule has 1 aliphatic carbocycles.